The summed E-state index contributed by atoms with van der Waals surface area (Å²) in [6.07, 6.45) is 2.93. The van der Waals surface area contributed by atoms with Crippen molar-refractivity contribution >= 4 is 51.8 Å². The zero-order valence-electron chi connectivity index (χ0n) is 22.5. The molecule has 3 heterocycles. The van der Waals surface area contributed by atoms with E-state index < -0.39 is 0 Å². The number of nitrogens with one attached hydrogen (secondary N) is 3. The molecule has 0 spiro atoms. The molecule has 1 amide bonds. The van der Waals surface area contributed by atoms with Gasteiger partial charge in [-0.05, 0) is 17.6 Å². The Morgan fingerprint density at radius 1 is 1.13 bits per heavy atom. The molecule has 2 aromatic heterocycles. The summed E-state index contributed by atoms with van der Waals surface area (Å²) >= 11 is 13.4. The highest BCUT2D eigenvalue weighted by Gasteiger charge is 2.30. The van der Waals surface area contributed by atoms with E-state index in [1.165, 1.54) is 20.3 Å². The number of fused-ring (bicyclic) bond motifs is 1. The third-order valence-electron chi connectivity index (χ3n) is 6.09. The van der Waals surface area contributed by atoms with Crippen LogP contribution in [-0.2, 0) is 9.53 Å². The van der Waals surface area contributed by atoms with E-state index in [-0.39, 0.29) is 23.4 Å². The van der Waals surface area contributed by atoms with Gasteiger partial charge in [0.1, 0.15) is 17.0 Å². The number of carbonyl (C=O) groups is 1. The number of carbonyl (C=O) groups excluding carboxylic acids is 1. The number of methoxy groups -OCH3 is 2. The standard InChI is InChI=1S/C27H32Cl2N6O4/c1-7-20(36)32-16-11-39-12-17(16)34-26-30-10-14-8-15(33-25(24(14)35-26)31-13-27(2,3)4)21-22(28)18(37-5)9-19(38-6)23(21)29/h7-10,16-17H,1,11-13H2,2-6H3,(H,31,33)(H,32,36)(H,30,34,35)/t16-,17+/m0/s1. The van der Waals surface area contributed by atoms with Gasteiger partial charge in [0, 0.05) is 29.8 Å². The second-order valence-electron chi connectivity index (χ2n) is 10.3. The first kappa shape index (κ1) is 28.7. The number of benzene rings is 1. The summed E-state index contributed by atoms with van der Waals surface area (Å²) in [5.74, 6) is 1.46. The molecule has 1 aromatic carbocycles. The van der Waals surface area contributed by atoms with Gasteiger partial charge in [0.05, 0.1) is 55.3 Å². The zero-order valence-corrected chi connectivity index (χ0v) is 24.0. The van der Waals surface area contributed by atoms with E-state index in [9.17, 15) is 4.79 Å². The normalized spacial score (nSPS) is 17.1. The second-order valence-corrected chi connectivity index (χ2v) is 11.0. The molecule has 208 valence electrons. The van der Waals surface area contributed by atoms with Crippen molar-refractivity contribution in [3.05, 3.63) is 41.0 Å². The molecule has 0 aliphatic carbocycles. The van der Waals surface area contributed by atoms with Crippen LogP contribution in [0.15, 0.2) is 31.0 Å². The highest BCUT2D eigenvalue weighted by molar-refractivity contribution is 6.41. The van der Waals surface area contributed by atoms with Crippen molar-refractivity contribution in [2.45, 2.75) is 32.9 Å². The molecule has 0 bridgehead atoms. The number of halogens is 2. The second kappa shape index (κ2) is 11.8. The molecule has 12 heteroatoms. The maximum Gasteiger partial charge on any atom is 0.243 e. The SMILES string of the molecule is C=CC(=O)N[C@H]1COC[C@H]1Nc1ncc2cc(-c3c(Cl)c(OC)cc(OC)c3Cl)nc(NCC(C)(C)C)c2n1. The number of amides is 1. The smallest absolute Gasteiger partial charge is 0.243 e. The Labute approximate surface area is 237 Å². The van der Waals surface area contributed by atoms with Crippen LogP contribution in [0.25, 0.3) is 22.2 Å². The summed E-state index contributed by atoms with van der Waals surface area (Å²) in [5.41, 5.74) is 1.55. The molecule has 10 nitrogen and oxygen atoms in total. The Morgan fingerprint density at radius 2 is 1.79 bits per heavy atom. The van der Waals surface area contributed by atoms with Crippen molar-refractivity contribution in [1.29, 1.82) is 0 Å². The van der Waals surface area contributed by atoms with Gasteiger partial charge in [-0.25, -0.2) is 15.0 Å². The minimum absolute atomic E-state index is 0.0373. The molecule has 0 saturated carbocycles. The van der Waals surface area contributed by atoms with Crippen molar-refractivity contribution in [3.63, 3.8) is 0 Å². The molecule has 0 unspecified atom stereocenters. The topological polar surface area (TPSA) is 120 Å². The lowest BCUT2D eigenvalue weighted by Gasteiger charge is -2.22. The third-order valence-corrected chi connectivity index (χ3v) is 6.84. The van der Waals surface area contributed by atoms with Gasteiger partial charge in [0.2, 0.25) is 11.9 Å². The molecule has 0 radical (unpaired) electrons. The fraction of sp³-hybridized carbons (Fsp3) is 0.407. The minimum Gasteiger partial charge on any atom is -0.495 e. The van der Waals surface area contributed by atoms with E-state index in [4.69, 9.17) is 47.4 Å². The number of aromatic nitrogens is 3. The van der Waals surface area contributed by atoms with E-state index in [1.54, 1.807) is 12.3 Å². The fourth-order valence-electron chi connectivity index (χ4n) is 4.07. The van der Waals surface area contributed by atoms with Gasteiger partial charge < -0.3 is 30.2 Å². The summed E-state index contributed by atoms with van der Waals surface area (Å²) in [7, 11) is 3.04. The van der Waals surface area contributed by atoms with Gasteiger partial charge in [-0.3, -0.25) is 4.79 Å². The minimum atomic E-state index is -0.270. The highest BCUT2D eigenvalue weighted by Crippen LogP contribution is 2.46. The van der Waals surface area contributed by atoms with Crippen LogP contribution in [0.1, 0.15) is 20.8 Å². The van der Waals surface area contributed by atoms with Crippen LogP contribution in [0.3, 0.4) is 0 Å². The van der Waals surface area contributed by atoms with Gasteiger partial charge in [-0.1, -0.05) is 50.6 Å². The average molecular weight is 575 g/mol. The zero-order chi connectivity index (χ0) is 28.3. The lowest BCUT2D eigenvalue weighted by atomic mass is 9.97. The summed E-state index contributed by atoms with van der Waals surface area (Å²) < 4.78 is 16.5. The first-order chi connectivity index (χ1) is 18.5. The third kappa shape index (κ3) is 6.46. The molecule has 3 N–H and O–H groups in total. The number of pyridine rings is 1. The summed E-state index contributed by atoms with van der Waals surface area (Å²) in [5, 5.41) is 10.9. The first-order valence-electron chi connectivity index (χ1n) is 12.3. The lowest BCUT2D eigenvalue weighted by molar-refractivity contribution is -0.117. The molecule has 3 aromatic rings. The average Bonchev–Trinajstić information content (AvgIpc) is 3.33. The van der Waals surface area contributed by atoms with Gasteiger partial charge in [0.25, 0.3) is 0 Å². The van der Waals surface area contributed by atoms with Crippen LogP contribution in [0, 0.1) is 5.41 Å². The Hall–Kier alpha value is -3.34. The highest BCUT2D eigenvalue weighted by atomic mass is 35.5. The molecule has 1 aliphatic heterocycles. The first-order valence-corrected chi connectivity index (χ1v) is 13.1. The molecule has 2 atom stereocenters. The Morgan fingerprint density at radius 3 is 2.41 bits per heavy atom. The van der Waals surface area contributed by atoms with Gasteiger partial charge in [-0.2, -0.15) is 0 Å². The van der Waals surface area contributed by atoms with Crippen molar-refractivity contribution in [2.75, 3.05) is 44.6 Å². The maximum absolute atomic E-state index is 11.8. The quantitative estimate of drug-likeness (QED) is 0.304. The molecule has 1 fully saturated rings. The van der Waals surface area contributed by atoms with Crippen LogP contribution < -0.4 is 25.4 Å². The predicted molar refractivity (Wildman–Crippen MR) is 154 cm³/mol. The maximum atomic E-state index is 11.8. The van der Waals surface area contributed by atoms with Gasteiger partial charge >= 0.3 is 0 Å². The van der Waals surface area contributed by atoms with E-state index >= 15 is 0 Å². The molecule has 1 saturated heterocycles. The number of hydrogen-bond donors (Lipinski definition) is 3. The largest absolute Gasteiger partial charge is 0.495 e. The Kier molecular flexibility index (Phi) is 8.68. The summed E-state index contributed by atoms with van der Waals surface area (Å²) in [4.78, 5) is 26.0. The van der Waals surface area contributed by atoms with Crippen LogP contribution in [0.2, 0.25) is 10.0 Å². The van der Waals surface area contributed by atoms with Crippen LogP contribution in [0.5, 0.6) is 11.5 Å². The van der Waals surface area contributed by atoms with Crippen molar-refractivity contribution < 1.29 is 19.0 Å². The van der Waals surface area contributed by atoms with Crippen LogP contribution in [0.4, 0.5) is 11.8 Å². The molecular weight excluding hydrogens is 543 g/mol. The monoisotopic (exact) mass is 574 g/mol. The summed E-state index contributed by atoms with van der Waals surface area (Å²) in [6.45, 7) is 11.3. The van der Waals surface area contributed by atoms with Gasteiger partial charge in [-0.15, -0.1) is 0 Å². The van der Waals surface area contributed by atoms with Gasteiger partial charge in [0.15, 0.2) is 5.82 Å². The van der Waals surface area contributed by atoms with E-state index in [1.807, 2.05) is 6.07 Å². The van der Waals surface area contributed by atoms with Crippen molar-refractivity contribution in [1.82, 2.24) is 20.3 Å². The predicted octanol–water partition coefficient (Wildman–Crippen LogP) is 4.96. The van der Waals surface area contributed by atoms with E-state index in [0.717, 1.165) is 5.39 Å². The van der Waals surface area contributed by atoms with Crippen molar-refractivity contribution in [3.8, 4) is 22.8 Å². The molecule has 39 heavy (non-hydrogen) atoms. The summed E-state index contributed by atoms with van der Waals surface area (Å²) in [6, 6.07) is 2.98. The number of anilines is 2. The molecular formula is C27H32Cl2N6O4. The Balaban J connectivity index is 1.78. The Bertz CT molecular complexity index is 1370. The number of hydrogen-bond acceptors (Lipinski definition) is 9. The fourth-order valence-corrected chi connectivity index (χ4v) is 4.76. The molecule has 4 rings (SSSR count). The van der Waals surface area contributed by atoms with E-state index in [2.05, 4.69) is 48.3 Å². The van der Waals surface area contributed by atoms with Crippen molar-refractivity contribution in [2.24, 2.45) is 5.41 Å². The molecule has 1 aliphatic rings. The number of ether oxygens (including phenoxy) is 3. The number of nitrogens with zero attached hydrogens (tertiary/aromatic N) is 3. The number of rotatable bonds is 9. The van der Waals surface area contributed by atoms with Crippen LogP contribution in [-0.4, -0.2) is 66.9 Å². The lowest BCUT2D eigenvalue weighted by Crippen LogP contribution is -2.45. The van der Waals surface area contributed by atoms with E-state index in [0.29, 0.717) is 69.8 Å². The van der Waals surface area contributed by atoms with Crippen LogP contribution >= 0.6 is 23.2 Å².